The fourth-order valence-corrected chi connectivity index (χ4v) is 2.62. The minimum atomic E-state index is -1.53. The van der Waals surface area contributed by atoms with E-state index in [1.165, 1.54) is 20.1 Å². The first-order chi connectivity index (χ1) is 12.9. The van der Waals surface area contributed by atoms with Crippen LogP contribution < -0.4 is 4.74 Å². The lowest BCUT2D eigenvalue weighted by Gasteiger charge is -2.34. The summed E-state index contributed by atoms with van der Waals surface area (Å²) in [6.07, 6.45) is 2.53. The van der Waals surface area contributed by atoms with Gasteiger partial charge in [-0.15, -0.1) is 0 Å². The van der Waals surface area contributed by atoms with Gasteiger partial charge in [-0.2, -0.15) is 0 Å². The van der Waals surface area contributed by atoms with Gasteiger partial charge in [0, 0.05) is 18.4 Å². The third kappa shape index (κ3) is 5.90. The Bertz CT molecular complexity index is 670. The maximum atomic E-state index is 13.7. The summed E-state index contributed by atoms with van der Waals surface area (Å²) in [5, 5.41) is 13.0. The molecule has 0 saturated carbocycles. The molecule has 1 N–H and O–H groups in total. The third-order valence-electron chi connectivity index (χ3n) is 4.45. The topological polar surface area (TPSA) is 86.6 Å². The molecule has 1 aromatic carbocycles. The van der Waals surface area contributed by atoms with Crippen LogP contribution in [0.1, 0.15) is 38.7 Å². The Morgan fingerprint density at radius 3 is 2.67 bits per heavy atom. The number of hydrogen-bond acceptors (Lipinski definition) is 6. The molecule has 1 heterocycles. The van der Waals surface area contributed by atoms with Crippen molar-refractivity contribution >= 4 is 11.7 Å². The van der Waals surface area contributed by atoms with Crippen LogP contribution in [0.4, 0.5) is 4.39 Å². The summed E-state index contributed by atoms with van der Waals surface area (Å²) < 4.78 is 29.2. The number of aliphatic carboxylic acids is 1. The van der Waals surface area contributed by atoms with Crippen molar-refractivity contribution in [1.82, 2.24) is 0 Å². The number of benzene rings is 1. The van der Waals surface area contributed by atoms with Gasteiger partial charge in [0.2, 0.25) is 0 Å². The van der Waals surface area contributed by atoms with Gasteiger partial charge in [-0.1, -0.05) is 5.16 Å². The zero-order chi connectivity index (χ0) is 19.9. The maximum Gasteiger partial charge on any atom is 0.364 e. The van der Waals surface area contributed by atoms with Gasteiger partial charge in [-0.3, -0.25) is 0 Å². The van der Waals surface area contributed by atoms with E-state index in [0.29, 0.717) is 31.1 Å². The van der Waals surface area contributed by atoms with Crippen LogP contribution in [0, 0.1) is 11.7 Å². The van der Waals surface area contributed by atoms with Crippen LogP contribution in [0.25, 0.3) is 0 Å². The molecule has 0 bridgehead atoms. The van der Waals surface area contributed by atoms with Crippen molar-refractivity contribution in [3.05, 3.63) is 29.6 Å². The number of methoxy groups -OCH3 is 1. The van der Waals surface area contributed by atoms with E-state index in [9.17, 15) is 9.18 Å². The standard InChI is InChI=1S/C19H26FNO6/c1-13(15-7-8-17(24-3)16(20)10-15)21-27-9-5-4-6-14-11-25-19(2,18(22)23)26-12-14/h7-8,10,14H,4-6,9,11-12H2,1-3H3,(H,22,23)/b21-13-. The zero-order valence-corrected chi connectivity index (χ0v) is 15.9. The molecule has 2 rings (SSSR count). The smallest absolute Gasteiger partial charge is 0.364 e. The lowest BCUT2D eigenvalue weighted by atomic mass is 10.0. The van der Waals surface area contributed by atoms with Crippen molar-refractivity contribution in [2.75, 3.05) is 26.9 Å². The Morgan fingerprint density at radius 1 is 1.37 bits per heavy atom. The van der Waals surface area contributed by atoms with Crippen molar-refractivity contribution in [2.45, 2.75) is 38.9 Å². The largest absolute Gasteiger partial charge is 0.494 e. The predicted molar refractivity (Wildman–Crippen MR) is 96.4 cm³/mol. The molecule has 0 atom stereocenters. The van der Waals surface area contributed by atoms with E-state index >= 15 is 0 Å². The van der Waals surface area contributed by atoms with Gasteiger partial charge in [0.1, 0.15) is 6.61 Å². The quantitative estimate of drug-likeness (QED) is 0.400. The molecule has 0 spiro atoms. The highest BCUT2D eigenvalue weighted by Gasteiger charge is 2.40. The van der Waals surface area contributed by atoms with Gasteiger partial charge in [-0.25, -0.2) is 9.18 Å². The molecule has 0 unspecified atom stereocenters. The number of halogens is 1. The summed E-state index contributed by atoms with van der Waals surface area (Å²) in [5.41, 5.74) is 1.21. The van der Waals surface area contributed by atoms with E-state index < -0.39 is 17.6 Å². The maximum absolute atomic E-state index is 13.7. The van der Waals surface area contributed by atoms with Crippen LogP contribution >= 0.6 is 0 Å². The molecule has 1 saturated heterocycles. The number of hydrogen-bond donors (Lipinski definition) is 1. The minimum absolute atomic E-state index is 0.171. The highest BCUT2D eigenvalue weighted by atomic mass is 19.1. The van der Waals surface area contributed by atoms with Gasteiger partial charge in [0.05, 0.1) is 26.0 Å². The Balaban J connectivity index is 1.65. The summed E-state index contributed by atoms with van der Waals surface area (Å²) in [6.45, 7) is 4.33. The van der Waals surface area contributed by atoms with Crippen LogP contribution in [0.2, 0.25) is 0 Å². The first kappa shape index (κ1) is 21.1. The van der Waals surface area contributed by atoms with E-state index in [-0.39, 0.29) is 11.7 Å². The molecule has 150 valence electrons. The molecule has 8 heteroatoms. The van der Waals surface area contributed by atoms with Crippen LogP contribution in [0.15, 0.2) is 23.4 Å². The Labute approximate surface area is 158 Å². The summed E-state index contributed by atoms with van der Waals surface area (Å²) in [6, 6.07) is 4.63. The Kier molecular flexibility index (Phi) is 7.55. The van der Waals surface area contributed by atoms with Gasteiger partial charge >= 0.3 is 5.97 Å². The number of carbonyl (C=O) groups is 1. The molecule has 1 fully saturated rings. The molecular formula is C19H26FNO6. The number of carboxylic acid groups (broad SMARTS) is 1. The summed E-state index contributed by atoms with van der Waals surface area (Å²) in [5.74, 6) is -2.73. The summed E-state index contributed by atoms with van der Waals surface area (Å²) >= 11 is 0. The fraction of sp³-hybridized carbons (Fsp3) is 0.579. The fourth-order valence-electron chi connectivity index (χ4n) is 2.62. The monoisotopic (exact) mass is 383 g/mol. The molecular weight excluding hydrogens is 357 g/mol. The van der Waals surface area contributed by atoms with E-state index in [4.69, 9.17) is 24.2 Å². The van der Waals surface area contributed by atoms with Gasteiger partial charge < -0.3 is 24.2 Å². The highest BCUT2D eigenvalue weighted by Crippen LogP contribution is 2.24. The van der Waals surface area contributed by atoms with Gasteiger partial charge in [-0.05, 0) is 44.4 Å². The van der Waals surface area contributed by atoms with E-state index in [1.807, 2.05) is 0 Å². The average molecular weight is 383 g/mol. The SMILES string of the molecule is COc1ccc(/C(C)=N\OCCCCC2COC(C)(C(=O)O)OC2)cc1F. The second kappa shape index (κ2) is 9.66. The number of unbranched alkanes of at least 4 members (excludes halogenated alkanes) is 1. The number of rotatable bonds is 9. The summed E-state index contributed by atoms with van der Waals surface area (Å²) in [4.78, 5) is 16.3. The van der Waals surface area contributed by atoms with Crippen molar-refractivity contribution in [3.63, 3.8) is 0 Å². The number of oxime groups is 1. The summed E-state index contributed by atoms with van der Waals surface area (Å²) in [7, 11) is 1.42. The normalized spacial score (nSPS) is 23.1. The second-order valence-electron chi connectivity index (χ2n) is 6.59. The molecule has 1 aliphatic rings. The molecule has 0 aromatic heterocycles. The van der Waals surface area contributed by atoms with E-state index in [2.05, 4.69) is 5.16 Å². The van der Waals surface area contributed by atoms with Crippen molar-refractivity contribution in [1.29, 1.82) is 0 Å². The van der Waals surface area contributed by atoms with Crippen LogP contribution in [0.5, 0.6) is 5.75 Å². The number of nitrogens with zero attached hydrogens (tertiary/aromatic N) is 1. The number of carboxylic acids is 1. The molecule has 7 nitrogen and oxygen atoms in total. The van der Waals surface area contributed by atoms with Crippen LogP contribution in [-0.4, -0.2) is 49.5 Å². The van der Waals surface area contributed by atoms with Crippen LogP contribution in [0.3, 0.4) is 0 Å². The minimum Gasteiger partial charge on any atom is -0.494 e. The third-order valence-corrected chi connectivity index (χ3v) is 4.45. The van der Waals surface area contributed by atoms with Crippen molar-refractivity contribution in [3.8, 4) is 5.75 Å². The Morgan fingerprint density at radius 2 is 2.07 bits per heavy atom. The molecule has 1 aliphatic heterocycles. The lowest BCUT2D eigenvalue weighted by molar-refractivity contribution is -0.271. The first-order valence-electron chi connectivity index (χ1n) is 8.87. The molecule has 0 aliphatic carbocycles. The molecule has 1 aromatic rings. The highest BCUT2D eigenvalue weighted by molar-refractivity contribution is 5.98. The lowest BCUT2D eigenvalue weighted by Crippen LogP contribution is -2.47. The van der Waals surface area contributed by atoms with Gasteiger partial charge in [0.25, 0.3) is 5.79 Å². The van der Waals surface area contributed by atoms with Gasteiger partial charge in [0.15, 0.2) is 11.6 Å². The Hall–Kier alpha value is -2.19. The average Bonchev–Trinajstić information content (AvgIpc) is 2.65. The zero-order valence-electron chi connectivity index (χ0n) is 15.9. The molecule has 0 amide bonds. The van der Waals surface area contributed by atoms with Crippen molar-refractivity contribution in [2.24, 2.45) is 11.1 Å². The molecule has 0 radical (unpaired) electrons. The van der Waals surface area contributed by atoms with E-state index in [1.54, 1.807) is 19.1 Å². The predicted octanol–water partition coefficient (Wildman–Crippen LogP) is 3.21. The van der Waals surface area contributed by atoms with Crippen LogP contribution in [-0.2, 0) is 19.1 Å². The van der Waals surface area contributed by atoms with Crippen molar-refractivity contribution < 1.29 is 33.3 Å². The first-order valence-corrected chi connectivity index (χ1v) is 8.87. The molecule has 27 heavy (non-hydrogen) atoms. The number of ether oxygens (including phenoxy) is 3. The second-order valence-corrected chi connectivity index (χ2v) is 6.59. The van der Waals surface area contributed by atoms with E-state index in [0.717, 1.165) is 19.3 Å².